The van der Waals surface area contributed by atoms with Gasteiger partial charge in [0, 0.05) is 19.5 Å². The average Bonchev–Trinajstić information content (AvgIpc) is 2.75. The molecule has 1 heterocycles. The van der Waals surface area contributed by atoms with Crippen LogP contribution in [0.25, 0.3) is 10.9 Å². The zero-order valence-corrected chi connectivity index (χ0v) is 17.5. The first-order valence-electron chi connectivity index (χ1n) is 10.2. The number of nitrogens with one attached hydrogen (secondary N) is 1. The molecule has 162 valence electrons. The van der Waals surface area contributed by atoms with Crippen LogP contribution in [-0.2, 0) is 29.1 Å². The van der Waals surface area contributed by atoms with Crippen molar-refractivity contribution < 1.29 is 9.59 Å². The molecule has 0 radical (unpaired) electrons. The Morgan fingerprint density at radius 3 is 2.42 bits per heavy atom. The summed E-state index contributed by atoms with van der Waals surface area (Å²) in [7, 11) is 0. The van der Waals surface area contributed by atoms with Crippen molar-refractivity contribution in [3.05, 3.63) is 80.5 Å². The number of benzene rings is 2. The lowest BCUT2D eigenvalue weighted by Crippen LogP contribution is -2.42. The zero-order valence-electron chi connectivity index (χ0n) is 17.5. The van der Waals surface area contributed by atoms with Crippen LogP contribution in [-0.4, -0.2) is 27.5 Å². The number of aryl methyl sites for hydroxylation is 1. The van der Waals surface area contributed by atoms with Crippen LogP contribution in [0.5, 0.6) is 0 Å². The summed E-state index contributed by atoms with van der Waals surface area (Å²) in [5.74, 6) is -0.816. The lowest BCUT2D eigenvalue weighted by molar-refractivity contribution is -0.121. The van der Waals surface area contributed by atoms with E-state index in [0.717, 1.165) is 16.6 Å². The molecule has 0 atom stereocenters. The van der Waals surface area contributed by atoms with Gasteiger partial charge in [-0.05, 0) is 37.5 Å². The summed E-state index contributed by atoms with van der Waals surface area (Å²) in [6, 6.07) is 14.7. The predicted octanol–water partition coefficient (Wildman–Crippen LogP) is 1.10. The third-order valence-corrected chi connectivity index (χ3v) is 5.09. The zero-order chi connectivity index (χ0) is 22.4. The van der Waals surface area contributed by atoms with E-state index < -0.39 is 17.2 Å². The summed E-state index contributed by atoms with van der Waals surface area (Å²) in [6.07, 6.45) is 1.23. The quantitative estimate of drug-likeness (QED) is 0.537. The number of fused-ring (bicyclic) bond motifs is 1. The van der Waals surface area contributed by atoms with E-state index in [9.17, 15) is 19.2 Å². The van der Waals surface area contributed by atoms with E-state index in [-0.39, 0.29) is 25.4 Å². The van der Waals surface area contributed by atoms with E-state index in [1.807, 2.05) is 31.2 Å². The topological polar surface area (TPSA) is 116 Å². The number of aromatic nitrogens is 2. The van der Waals surface area contributed by atoms with Crippen LogP contribution >= 0.6 is 0 Å². The van der Waals surface area contributed by atoms with Gasteiger partial charge < -0.3 is 11.1 Å². The van der Waals surface area contributed by atoms with Gasteiger partial charge in [0.05, 0.1) is 10.9 Å². The molecule has 0 unspecified atom stereocenters. The van der Waals surface area contributed by atoms with E-state index >= 15 is 0 Å². The molecule has 31 heavy (non-hydrogen) atoms. The monoisotopic (exact) mass is 422 g/mol. The second-order valence-corrected chi connectivity index (χ2v) is 7.50. The first kappa shape index (κ1) is 22.0. The van der Waals surface area contributed by atoms with Crippen LogP contribution in [0.2, 0.25) is 0 Å². The van der Waals surface area contributed by atoms with Gasteiger partial charge in [-0.2, -0.15) is 0 Å². The Hall–Kier alpha value is -3.68. The first-order valence-corrected chi connectivity index (χ1v) is 10.2. The second-order valence-electron chi connectivity index (χ2n) is 7.50. The van der Waals surface area contributed by atoms with Crippen molar-refractivity contribution in [3.8, 4) is 0 Å². The molecule has 0 aliphatic carbocycles. The van der Waals surface area contributed by atoms with Crippen LogP contribution in [0, 0.1) is 6.92 Å². The molecule has 3 N–H and O–H groups in total. The number of amides is 2. The largest absolute Gasteiger partial charge is 0.368 e. The number of hydrogen-bond donors (Lipinski definition) is 2. The average molecular weight is 422 g/mol. The number of carbonyl (C=O) groups excluding carboxylic acids is 2. The maximum Gasteiger partial charge on any atom is 0.331 e. The standard InChI is InChI=1S/C23H26N4O4/c1-16-8-10-17(11-9-16)12-13-25-21(29)7-4-14-26-22(30)18-5-2-3-6-19(18)27(23(26)31)15-20(24)28/h2-3,5-6,8-11H,4,7,12-15H2,1H3,(H2,24,28)(H,25,29). The Kier molecular flexibility index (Phi) is 7.02. The number of hydrogen-bond acceptors (Lipinski definition) is 4. The summed E-state index contributed by atoms with van der Waals surface area (Å²) in [4.78, 5) is 49.1. The minimum Gasteiger partial charge on any atom is -0.368 e. The van der Waals surface area contributed by atoms with Crippen molar-refractivity contribution in [2.45, 2.75) is 39.3 Å². The fourth-order valence-electron chi connectivity index (χ4n) is 3.46. The van der Waals surface area contributed by atoms with Crippen molar-refractivity contribution in [3.63, 3.8) is 0 Å². The highest BCUT2D eigenvalue weighted by Gasteiger charge is 2.14. The van der Waals surface area contributed by atoms with Gasteiger partial charge in [0.1, 0.15) is 6.54 Å². The van der Waals surface area contributed by atoms with Gasteiger partial charge in [-0.15, -0.1) is 0 Å². The van der Waals surface area contributed by atoms with E-state index in [1.165, 1.54) is 10.1 Å². The van der Waals surface area contributed by atoms with Gasteiger partial charge in [-0.25, -0.2) is 4.79 Å². The number of para-hydroxylation sites is 1. The minimum absolute atomic E-state index is 0.0760. The molecule has 3 rings (SSSR count). The molecular weight excluding hydrogens is 396 g/mol. The second kappa shape index (κ2) is 9.88. The maximum atomic E-state index is 12.8. The molecule has 0 fully saturated rings. The Labute approximate surface area is 179 Å². The highest BCUT2D eigenvalue weighted by atomic mass is 16.2. The smallest absolute Gasteiger partial charge is 0.331 e. The SMILES string of the molecule is Cc1ccc(CCNC(=O)CCCn2c(=O)c3ccccc3n(CC(N)=O)c2=O)cc1. The number of nitrogens with two attached hydrogens (primary N) is 1. The highest BCUT2D eigenvalue weighted by Crippen LogP contribution is 2.08. The van der Waals surface area contributed by atoms with Crippen LogP contribution in [0.4, 0.5) is 0 Å². The first-order chi connectivity index (χ1) is 14.9. The van der Waals surface area contributed by atoms with E-state index in [0.29, 0.717) is 23.9 Å². The lowest BCUT2D eigenvalue weighted by Gasteiger charge is -2.13. The molecule has 0 aliphatic heterocycles. The summed E-state index contributed by atoms with van der Waals surface area (Å²) in [6.45, 7) is 2.30. The number of primary amides is 1. The molecule has 2 amide bonds. The number of carbonyl (C=O) groups is 2. The summed E-state index contributed by atoms with van der Waals surface area (Å²) in [5.41, 5.74) is 6.91. The molecule has 2 aromatic carbocycles. The number of rotatable bonds is 9. The fourth-order valence-corrected chi connectivity index (χ4v) is 3.46. The maximum absolute atomic E-state index is 12.8. The third-order valence-electron chi connectivity index (χ3n) is 5.09. The number of nitrogens with zero attached hydrogens (tertiary/aromatic N) is 2. The predicted molar refractivity (Wildman–Crippen MR) is 119 cm³/mol. The van der Waals surface area contributed by atoms with Gasteiger partial charge >= 0.3 is 5.69 Å². The van der Waals surface area contributed by atoms with E-state index in [2.05, 4.69) is 5.32 Å². The molecule has 0 bridgehead atoms. The third kappa shape index (κ3) is 5.48. The van der Waals surface area contributed by atoms with Crippen molar-refractivity contribution in [1.29, 1.82) is 0 Å². The van der Waals surface area contributed by atoms with Crippen molar-refractivity contribution in [1.82, 2.24) is 14.5 Å². The Morgan fingerprint density at radius 2 is 1.71 bits per heavy atom. The lowest BCUT2D eigenvalue weighted by atomic mass is 10.1. The van der Waals surface area contributed by atoms with E-state index in [1.54, 1.807) is 24.3 Å². The van der Waals surface area contributed by atoms with Crippen molar-refractivity contribution >= 4 is 22.7 Å². The molecular formula is C23H26N4O4. The van der Waals surface area contributed by atoms with Crippen LogP contribution < -0.4 is 22.3 Å². The Morgan fingerprint density at radius 1 is 1.00 bits per heavy atom. The molecule has 1 aromatic heterocycles. The van der Waals surface area contributed by atoms with Gasteiger partial charge in [0.2, 0.25) is 11.8 Å². The van der Waals surface area contributed by atoms with Gasteiger partial charge in [-0.3, -0.25) is 23.5 Å². The molecule has 8 nitrogen and oxygen atoms in total. The molecule has 0 aliphatic rings. The Balaban J connectivity index is 1.63. The van der Waals surface area contributed by atoms with Gasteiger partial charge in [0.25, 0.3) is 5.56 Å². The van der Waals surface area contributed by atoms with Crippen molar-refractivity contribution in [2.24, 2.45) is 5.73 Å². The van der Waals surface area contributed by atoms with Crippen molar-refractivity contribution in [2.75, 3.05) is 6.54 Å². The Bertz CT molecular complexity index is 1210. The van der Waals surface area contributed by atoms with Crippen LogP contribution in [0.3, 0.4) is 0 Å². The van der Waals surface area contributed by atoms with Gasteiger partial charge in [-0.1, -0.05) is 42.0 Å². The van der Waals surface area contributed by atoms with Crippen LogP contribution in [0.1, 0.15) is 24.0 Å². The minimum atomic E-state index is -0.676. The molecule has 0 saturated heterocycles. The van der Waals surface area contributed by atoms with Crippen LogP contribution in [0.15, 0.2) is 58.1 Å². The van der Waals surface area contributed by atoms with Gasteiger partial charge in [0.15, 0.2) is 0 Å². The molecule has 3 aromatic rings. The summed E-state index contributed by atoms with van der Waals surface area (Å²) < 4.78 is 2.26. The highest BCUT2D eigenvalue weighted by molar-refractivity contribution is 5.81. The normalized spacial score (nSPS) is 10.9. The molecule has 0 saturated carbocycles. The fraction of sp³-hybridized carbons (Fsp3) is 0.304. The summed E-state index contributed by atoms with van der Waals surface area (Å²) in [5, 5.41) is 3.18. The van der Waals surface area contributed by atoms with E-state index in [4.69, 9.17) is 5.73 Å². The molecule has 8 heteroatoms. The molecule has 0 spiro atoms. The summed E-state index contributed by atoms with van der Waals surface area (Å²) >= 11 is 0.